The van der Waals surface area contributed by atoms with Crippen LogP contribution < -0.4 is 10.1 Å². The molecule has 0 radical (unpaired) electrons. The van der Waals surface area contributed by atoms with Gasteiger partial charge in [0.05, 0.1) is 12.6 Å². The first-order chi connectivity index (χ1) is 10.2. The molecule has 2 aromatic rings. The third-order valence-electron chi connectivity index (χ3n) is 4.08. The molecule has 0 aliphatic carbocycles. The summed E-state index contributed by atoms with van der Waals surface area (Å²) < 4.78 is 5.60. The minimum Gasteiger partial charge on any atom is -0.493 e. The molecule has 0 saturated heterocycles. The second kappa shape index (κ2) is 6.08. The van der Waals surface area contributed by atoms with E-state index in [1.54, 1.807) is 0 Å². The predicted octanol–water partition coefficient (Wildman–Crippen LogP) is 4.28. The molecule has 0 bridgehead atoms. The van der Waals surface area contributed by atoms with E-state index in [4.69, 9.17) is 16.3 Å². The van der Waals surface area contributed by atoms with Crippen LogP contribution in [0.25, 0.3) is 0 Å². The maximum Gasteiger partial charge on any atom is 0.122 e. The lowest BCUT2D eigenvalue weighted by Gasteiger charge is -2.22. The number of rotatable bonds is 4. The van der Waals surface area contributed by atoms with Gasteiger partial charge in [0.15, 0.2) is 0 Å². The average molecular weight is 302 g/mol. The van der Waals surface area contributed by atoms with Crippen molar-refractivity contribution in [2.45, 2.75) is 26.3 Å². The first-order valence-corrected chi connectivity index (χ1v) is 7.82. The molecule has 1 N–H and O–H groups in total. The molecule has 1 heterocycles. The first kappa shape index (κ1) is 14.4. The first-order valence-electron chi connectivity index (χ1n) is 7.44. The number of fused-ring (bicyclic) bond motifs is 1. The van der Waals surface area contributed by atoms with E-state index in [1.165, 1.54) is 16.7 Å². The van der Waals surface area contributed by atoms with Gasteiger partial charge in [-0.2, -0.15) is 0 Å². The highest BCUT2D eigenvalue weighted by molar-refractivity contribution is 6.31. The van der Waals surface area contributed by atoms with E-state index in [0.717, 1.165) is 35.9 Å². The molecule has 1 atom stereocenters. The van der Waals surface area contributed by atoms with Gasteiger partial charge < -0.3 is 10.1 Å². The van der Waals surface area contributed by atoms with E-state index < -0.39 is 0 Å². The number of halogens is 1. The zero-order valence-electron chi connectivity index (χ0n) is 12.4. The van der Waals surface area contributed by atoms with Crippen molar-refractivity contribution in [3.63, 3.8) is 0 Å². The molecule has 1 unspecified atom stereocenters. The van der Waals surface area contributed by atoms with Crippen molar-refractivity contribution in [3.05, 3.63) is 63.7 Å². The Morgan fingerprint density at radius 2 is 2.14 bits per heavy atom. The summed E-state index contributed by atoms with van der Waals surface area (Å²) in [5.41, 5.74) is 4.95. The van der Waals surface area contributed by atoms with Gasteiger partial charge in [-0.1, -0.05) is 42.8 Å². The molecule has 1 aliphatic heterocycles. The number of ether oxygens (including phenoxy) is 1. The summed E-state index contributed by atoms with van der Waals surface area (Å²) in [6.07, 6.45) is 0.997. The lowest BCUT2D eigenvalue weighted by atomic mass is 9.93. The second-order valence-electron chi connectivity index (χ2n) is 5.41. The quantitative estimate of drug-likeness (QED) is 0.910. The summed E-state index contributed by atoms with van der Waals surface area (Å²) in [6, 6.07) is 12.8. The molecule has 2 aromatic carbocycles. The smallest absolute Gasteiger partial charge is 0.122 e. The van der Waals surface area contributed by atoms with Gasteiger partial charge >= 0.3 is 0 Å². The maximum atomic E-state index is 6.29. The molecule has 3 heteroatoms. The van der Waals surface area contributed by atoms with Crippen molar-refractivity contribution in [1.82, 2.24) is 5.32 Å². The van der Waals surface area contributed by atoms with Crippen LogP contribution in [0.3, 0.4) is 0 Å². The molecule has 0 saturated carbocycles. The van der Waals surface area contributed by atoms with Crippen LogP contribution in [-0.2, 0) is 6.42 Å². The van der Waals surface area contributed by atoms with E-state index in [9.17, 15) is 0 Å². The highest BCUT2D eigenvalue weighted by atomic mass is 35.5. The van der Waals surface area contributed by atoms with Crippen LogP contribution in [0.2, 0.25) is 5.02 Å². The Hall–Kier alpha value is -1.51. The minimum atomic E-state index is 0.166. The van der Waals surface area contributed by atoms with Crippen LogP contribution in [-0.4, -0.2) is 13.2 Å². The van der Waals surface area contributed by atoms with Crippen molar-refractivity contribution in [3.8, 4) is 5.75 Å². The molecule has 0 spiro atoms. The maximum absolute atomic E-state index is 6.29. The zero-order chi connectivity index (χ0) is 14.8. The normalized spacial score (nSPS) is 14.6. The fraction of sp³-hybridized carbons (Fsp3) is 0.333. The summed E-state index contributed by atoms with van der Waals surface area (Å²) in [5, 5.41) is 4.39. The van der Waals surface area contributed by atoms with E-state index in [2.05, 4.69) is 43.4 Å². The predicted molar refractivity (Wildman–Crippen MR) is 87.3 cm³/mol. The van der Waals surface area contributed by atoms with Crippen molar-refractivity contribution < 1.29 is 4.74 Å². The highest BCUT2D eigenvalue weighted by Crippen LogP contribution is 2.33. The van der Waals surface area contributed by atoms with Crippen LogP contribution in [0.4, 0.5) is 0 Å². The van der Waals surface area contributed by atoms with Gasteiger partial charge in [-0.15, -0.1) is 0 Å². The van der Waals surface area contributed by atoms with Gasteiger partial charge in [0.2, 0.25) is 0 Å². The van der Waals surface area contributed by atoms with Crippen LogP contribution >= 0.6 is 11.6 Å². The molecule has 21 heavy (non-hydrogen) atoms. The van der Waals surface area contributed by atoms with Gasteiger partial charge in [-0.05, 0) is 47.9 Å². The van der Waals surface area contributed by atoms with Crippen molar-refractivity contribution in [2.75, 3.05) is 13.2 Å². The van der Waals surface area contributed by atoms with E-state index in [1.807, 2.05) is 12.1 Å². The number of benzene rings is 2. The summed E-state index contributed by atoms with van der Waals surface area (Å²) >= 11 is 6.29. The van der Waals surface area contributed by atoms with Gasteiger partial charge in [0.25, 0.3) is 0 Å². The Balaban J connectivity index is 2.03. The monoisotopic (exact) mass is 301 g/mol. The van der Waals surface area contributed by atoms with E-state index >= 15 is 0 Å². The molecular formula is C18H20ClNO. The SMILES string of the molecule is CCNC(c1ccc2c(c1)CCO2)c1cccc(Cl)c1C. The van der Waals surface area contributed by atoms with Crippen molar-refractivity contribution in [1.29, 1.82) is 0 Å². The third kappa shape index (κ3) is 2.78. The number of hydrogen-bond donors (Lipinski definition) is 1. The van der Waals surface area contributed by atoms with Crippen LogP contribution in [0.1, 0.15) is 35.2 Å². The second-order valence-corrected chi connectivity index (χ2v) is 5.82. The lowest BCUT2D eigenvalue weighted by molar-refractivity contribution is 0.357. The van der Waals surface area contributed by atoms with Gasteiger partial charge in [-0.25, -0.2) is 0 Å². The number of hydrogen-bond acceptors (Lipinski definition) is 2. The van der Waals surface area contributed by atoms with Crippen molar-refractivity contribution in [2.24, 2.45) is 0 Å². The Kier molecular flexibility index (Phi) is 4.18. The zero-order valence-corrected chi connectivity index (χ0v) is 13.2. The van der Waals surface area contributed by atoms with Crippen molar-refractivity contribution >= 4 is 11.6 Å². The summed E-state index contributed by atoms with van der Waals surface area (Å²) in [6.45, 7) is 5.91. The standard InChI is InChI=1S/C18H20ClNO/c1-3-20-18(15-5-4-6-16(19)12(15)2)14-7-8-17-13(11-14)9-10-21-17/h4-8,11,18,20H,3,9-10H2,1-2H3. The molecule has 0 fully saturated rings. The molecule has 2 nitrogen and oxygen atoms in total. The lowest BCUT2D eigenvalue weighted by Crippen LogP contribution is -2.23. The molecular weight excluding hydrogens is 282 g/mol. The Morgan fingerprint density at radius 1 is 1.29 bits per heavy atom. The van der Waals surface area contributed by atoms with Crippen LogP contribution in [0, 0.1) is 6.92 Å². The van der Waals surface area contributed by atoms with Gasteiger partial charge in [-0.3, -0.25) is 0 Å². The summed E-state index contributed by atoms with van der Waals surface area (Å²) in [7, 11) is 0. The Morgan fingerprint density at radius 3 is 2.95 bits per heavy atom. The van der Waals surface area contributed by atoms with E-state index in [0.29, 0.717) is 0 Å². The molecule has 3 rings (SSSR count). The van der Waals surface area contributed by atoms with Crippen LogP contribution in [0.15, 0.2) is 36.4 Å². The summed E-state index contributed by atoms with van der Waals surface area (Å²) in [5.74, 6) is 1.02. The van der Waals surface area contributed by atoms with Gasteiger partial charge in [0.1, 0.15) is 5.75 Å². The largest absolute Gasteiger partial charge is 0.493 e. The molecule has 0 amide bonds. The number of nitrogens with one attached hydrogen (secondary N) is 1. The Labute approximate surface area is 131 Å². The molecule has 1 aliphatic rings. The molecule has 0 aromatic heterocycles. The topological polar surface area (TPSA) is 21.3 Å². The fourth-order valence-corrected chi connectivity index (χ4v) is 3.12. The highest BCUT2D eigenvalue weighted by Gasteiger charge is 2.19. The fourth-order valence-electron chi connectivity index (χ4n) is 2.93. The summed E-state index contributed by atoms with van der Waals surface area (Å²) in [4.78, 5) is 0. The minimum absolute atomic E-state index is 0.166. The van der Waals surface area contributed by atoms with E-state index in [-0.39, 0.29) is 6.04 Å². The van der Waals surface area contributed by atoms with Crippen LogP contribution in [0.5, 0.6) is 5.75 Å². The average Bonchev–Trinajstić information content (AvgIpc) is 2.95. The Bertz CT molecular complexity index is 654. The molecule has 110 valence electrons. The third-order valence-corrected chi connectivity index (χ3v) is 4.49. The van der Waals surface area contributed by atoms with Gasteiger partial charge in [0, 0.05) is 11.4 Å².